The Hall–Kier alpha value is -5.13. The van der Waals surface area contributed by atoms with Crippen LogP contribution in [-0.4, -0.2) is 10.1 Å². The summed E-state index contributed by atoms with van der Waals surface area (Å²) in [6, 6.07) is 47.4. The average Bonchev–Trinajstić information content (AvgIpc) is 3.71. The van der Waals surface area contributed by atoms with Gasteiger partial charge in [-0.05, 0) is 46.5 Å². The second-order valence-corrected chi connectivity index (χ2v) is 12.4. The molecule has 0 radical (unpaired) electrons. The van der Waals surface area contributed by atoms with Crippen LogP contribution in [0.4, 0.5) is 0 Å². The van der Waals surface area contributed by atoms with Crippen molar-refractivity contribution in [3.05, 3.63) is 146 Å². The largest absolute Gasteiger partial charge is 2.00 e. The molecular formula is C38H26BeN2O2S2+2. The molecule has 8 rings (SSSR count). The van der Waals surface area contributed by atoms with E-state index in [-0.39, 0.29) is 21.6 Å². The van der Waals surface area contributed by atoms with Crippen molar-refractivity contribution in [3.63, 3.8) is 0 Å². The van der Waals surface area contributed by atoms with Crippen LogP contribution < -0.4 is 20.2 Å². The fourth-order valence-electron chi connectivity index (χ4n) is 5.11. The maximum atomic E-state index is 12.3. The summed E-state index contributed by atoms with van der Waals surface area (Å²) in [7, 11) is 0. The Morgan fingerprint density at radius 3 is 1.18 bits per heavy atom. The molecule has 6 aromatic carbocycles. The third kappa shape index (κ3) is 6.40. The maximum Gasteiger partial charge on any atom is 2.00 e. The molecule has 45 heavy (non-hydrogen) atoms. The Bertz CT molecular complexity index is 1990. The van der Waals surface area contributed by atoms with Gasteiger partial charge >= 0.3 is 10.1 Å². The van der Waals surface area contributed by atoms with E-state index in [1.165, 1.54) is 0 Å². The SMILES string of the molecule is [Be+2].[O-]c1ccc(-c2ccccc2)cc1-c1[nH+]c2ccccc2s1.[O-]c1ccc(-c2ccccc2)cc1-c1[nH+]c2ccccc2s1. The summed E-state index contributed by atoms with van der Waals surface area (Å²) in [5, 5.41) is 26.3. The standard InChI is InChI=1S/2C19H13NOS.Be/c2*21-17-11-10-14(13-6-2-1-3-7-13)12-15(17)19-20-16-8-4-5-9-18(16)22-19;/h2*1-12,21H;/q;;+2. The Morgan fingerprint density at radius 1 is 0.400 bits per heavy atom. The molecule has 0 bridgehead atoms. The van der Waals surface area contributed by atoms with E-state index >= 15 is 0 Å². The van der Waals surface area contributed by atoms with Gasteiger partial charge in [-0.1, -0.05) is 143 Å². The fraction of sp³-hybridized carbons (Fsp3) is 0. The first-order valence-corrected chi connectivity index (χ1v) is 15.8. The van der Waals surface area contributed by atoms with Crippen LogP contribution in [0.2, 0.25) is 0 Å². The summed E-state index contributed by atoms with van der Waals surface area (Å²) < 4.78 is 2.31. The van der Waals surface area contributed by atoms with Gasteiger partial charge in [-0.15, -0.1) is 0 Å². The second kappa shape index (κ2) is 13.2. The molecule has 0 aliphatic rings. The molecule has 8 aromatic rings. The minimum Gasteiger partial charge on any atom is -0.872 e. The molecule has 2 heterocycles. The smallest absolute Gasteiger partial charge is 0.872 e. The van der Waals surface area contributed by atoms with E-state index in [0.717, 1.165) is 63.8 Å². The quantitative estimate of drug-likeness (QED) is 0.189. The van der Waals surface area contributed by atoms with Gasteiger partial charge in [-0.3, -0.25) is 0 Å². The molecule has 0 atom stereocenters. The Labute approximate surface area is 272 Å². The van der Waals surface area contributed by atoms with Crippen LogP contribution >= 0.6 is 22.7 Å². The summed E-state index contributed by atoms with van der Waals surface area (Å²) >= 11 is 3.23. The summed E-state index contributed by atoms with van der Waals surface area (Å²) in [5.41, 5.74) is 7.92. The number of hydrogen-bond donors (Lipinski definition) is 0. The minimum atomic E-state index is 0. The Morgan fingerprint density at radius 2 is 0.778 bits per heavy atom. The molecule has 7 heteroatoms. The Kier molecular flexibility index (Phi) is 8.81. The van der Waals surface area contributed by atoms with Gasteiger partial charge in [-0.25, -0.2) is 0 Å². The Balaban J connectivity index is 0.000000155. The number of fused-ring (bicyclic) bond motifs is 2. The number of aromatic amines is 2. The molecule has 212 valence electrons. The predicted molar refractivity (Wildman–Crippen MR) is 183 cm³/mol. The molecule has 0 spiro atoms. The number of nitrogens with one attached hydrogen (secondary N) is 2. The topological polar surface area (TPSA) is 74.4 Å². The van der Waals surface area contributed by atoms with Gasteiger partial charge in [-0.2, -0.15) is 9.97 Å². The summed E-state index contributed by atoms with van der Waals surface area (Å²) in [6.45, 7) is 0. The zero-order chi connectivity index (χ0) is 29.9. The zero-order valence-electron chi connectivity index (χ0n) is 24.2. The molecule has 0 saturated carbocycles. The number of thiazole rings is 2. The number of benzene rings is 6. The number of hydrogen-bond acceptors (Lipinski definition) is 4. The molecule has 0 aliphatic heterocycles. The molecule has 2 aromatic heterocycles. The molecule has 0 fully saturated rings. The first-order valence-electron chi connectivity index (χ1n) is 14.2. The molecule has 2 N–H and O–H groups in total. The van der Waals surface area contributed by atoms with Gasteiger partial charge in [0.15, 0.2) is 0 Å². The zero-order valence-corrected chi connectivity index (χ0v) is 25.8. The van der Waals surface area contributed by atoms with E-state index in [0.29, 0.717) is 0 Å². The van der Waals surface area contributed by atoms with E-state index < -0.39 is 0 Å². The number of aromatic nitrogens is 2. The van der Waals surface area contributed by atoms with Crippen LogP contribution in [0.1, 0.15) is 0 Å². The van der Waals surface area contributed by atoms with Gasteiger partial charge in [0.2, 0.25) is 11.0 Å². The first kappa shape index (κ1) is 29.9. The van der Waals surface area contributed by atoms with Gasteiger partial charge in [0.25, 0.3) is 10.0 Å². The van der Waals surface area contributed by atoms with Crippen molar-refractivity contribution in [3.8, 4) is 54.9 Å². The fourth-order valence-corrected chi connectivity index (χ4v) is 7.17. The molecule has 0 saturated heterocycles. The molecule has 0 unspecified atom stereocenters. The average molecular weight is 616 g/mol. The normalized spacial score (nSPS) is 10.7. The summed E-state index contributed by atoms with van der Waals surface area (Å²) in [6.07, 6.45) is 0. The molecule has 0 amide bonds. The maximum absolute atomic E-state index is 12.3. The number of para-hydroxylation sites is 2. The van der Waals surface area contributed by atoms with E-state index in [9.17, 15) is 10.2 Å². The van der Waals surface area contributed by atoms with E-state index in [1.54, 1.807) is 34.8 Å². The van der Waals surface area contributed by atoms with Crippen LogP contribution in [-0.2, 0) is 0 Å². The van der Waals surface area contributed by atoms with E-state index in [1.807, 2.05) is 97.1 Å². The van der Waals surface area contributed by atoms with Crippen molar-refractivity contribution in [2.24, 2.45) is 0 Å². The third-order valence-electron chi connectivity index (χ3n) is 7.36. The van der Waals surface area contributed by atoms with Crippen LogP contribution in [0, 0.1) is 0 Å². The van der Waals surface area contributed by atoms with Crippen molar-refractivity contribution in [2.45, 2.75) is 0 Å². The van der Waals surface area contributed by atoms with Crippen molar-refractivity contribution in [1.29, 1.82) is 0 Å². The van der Waals surface area contributed by atoms with Crippen molar-refractivity contribution in [2.75, 3.05) is 0 Å². The van der Waals surface area contributed by atoms with E-state index in [2.05, 4.69) is 46.4 Å². The summed E-state index contributed by atoms with van der Waals surface area (Å²) in [5.74, 6) is 0.0879. The minimum absolute atomic E-state index is 0. The summed E-state index contributed by atoms with van der Waals surface area (Å²) in [4.78, 5) is 6.70. The number of rotatable bonds is 4. The molecule has 0 aliphatic carbocycles. The van der Waals surface area contributed by atoms with Gasteiger partial charge in [0, 0.05) is 12.1 Å². The molecular weight excluding hydrogens is 590 g/mol. The number of H-pyrrole nitrogens is 2. The van der Waals surface area contributed by atoms with Crippen molar-refractivity contribution < 1.29 is 20.2 Å². The van der Waals surface area contributed by atoms with Crippen LogP contribution in [0.3, 0.4) is 0 Å². The third-order valence-corrected chi connectivity index (χ3v) is 9.56. The monoisotopic (exact) mass is 615 g/mol. The van der Waals surface area contributed by atoms with Crippen molar-refractivity contribution >= 4 is 53.2 Å². The van der Waals surface area contributed by atoms with Crippen LogP contribution in [0.5, 0.6) is 11.5 Å². The first-order chi connectivity index (χ1) is 21.6. The van der Waals surface area contributed by atoms with Crippen LogP contribution in [0.15, 0.2) is 146 Å². The van der Waals surface area contributed by atoms with Gasteiger partial charge < -0.3 is 10.2 Å². The van der Waals surface area contributed by atoms with E-state index in [4.69, 9.17) is 0 Å². The predicted octanol–water partition coefficient (Wildman–Crippen LogP) is 7.87. The molecule has 4 nitrogen and oxygen atoms in total. The van der Waals surface area contributed by atoms with Gasteiger partial charge in [0.05, 0.1) is 11.1 Å². The van der Waals surface area contributed by atoms with Crippen molar-refractivity contribution in [1.82, 2.24) is 0 Å². The van der Waals surface area contributed by atoms with Crippen LogP contribution in [0.25, 0.3) is 63.8 Å². The van der Waals surface area contributed by atoms with Gasteiger partial charge in [0.1, 0.15) is 9.40 Å². The second-order valence-electron chi connectivity index (χ2n) is 10.3.